The van der Waals surface area contributed by atoms with Crippen molar-refractivity contribution >= 4 is 5.78 Å². The Kier molecular flexibility index (Phi) is 2.75. The quantitative estimate of drug-likeness (QED) is 0.736. The Morgan fingerprint density at radius 2 is 2.00 bits per heavy atom. The van der Waals surface area contributed by atoms with Gasteiger partial charge >= 0.3 is 0 Å². The smallest absolute Gasteiger partial charge is 0.163 e. The summed E-state index contributed by atoms with van der Waals surface area (Å²) in [7, 11) is 0. The zero-order valence-electron chi connectivity index (χ0n) is 9.64. The van der Waals surface area contributed by atoms with Gasteiger partial charge in [0, 0.05) is 0 Å². The van der Waals surface area contributed by atoms with Crippen molar-refractivity contribution in [3.63, 3.8) is 0 Å². The Hall–Kier alpha value is -2.41. The summed E-state index contributed by atoms with van der Waals surface area (Å²) < 4.78 is 1.69. The van der Waals surface area contributed by atoms with E-state index in [0.717, 1.165) is 11.4 Å². The summed E-state index contributed by atoms with van der Waals surface area (Å²) >= 11 is 0. The molecule has 0 bridgehead atoms. The molecule has 0 fully saturated rings. The molecule has 0 atom stereocenters. The molecule has 2 aromatic rings. The van der Waals surface area contributed by atoms with Crippen molar-refractivity contribution < 1.29 is 4.79 Å². The number of Topliss-reactive ketones (excluding diaryl/α,β-unsaturated/α-hetero) is 1. The van der Waals surface area contributed by atoms with Gasteiger partial charge in [-0.15, -0.1) is 0 Å². The Labute approximate surface area is 99.1 Å². The number of nitrogens with zero attached hydrogens (tertiary/aromatic N) is 3. The Balaban J connectivity index is 2.47. The third kappa shape index (κ3) is 1.95. The highest BCUT2D eigenvalue weighted by molar-refractivity contribution is 5.95. The van der Waals surface area contributed by atoms with Crippen molar-refractivity contribution in [2.24, 2.45) is 0 Å². The number of nitriles is 1. The lowest BCUT2D eigenvalue weighted by molar-refractivity contribution is 0.101. The minimum atomic E-state index is 0.00222. The number of rotatable bonds is 2. The predicted molar refractivity (Wildman–Crippen MR) is 63.0 cm³/mol. The van der Waals surface area contributed by atoms with Crippen LogP contribution in [0.25, 0.3) is 5.69 Å². The Morgan fingerprint density at radius 3 is 2.47 bits per heavy atom. The highest BCUT2D eigenvalue weighted by atomic mass is 16.1. The summed E-state index contributed by atoms with van der Waals surface area (Å²) in [5.41, 5.74) is 2.87. The number of carbonyl (C=O) groups is 1. The van der Waals surface area contributed by atoms with E-state index in [4.69, 9.17) is 5.26 Å². The first-order chi connectivity index (χ1) is 8.13. The molecule has 2 rings (SSSR count). The van der Waals surface area contributed by atoms with Crippen LogP contribution in [0.15, 0.2) is 30.5 Å². The molecule has 0 amide bonds. The summed E-state index contributed by atoms with van der Waals surface area (Å²) in [5, 5.41) is 12.9. The molecule has 0 unspecified atom stereocenters. The number of benzene rings is 1. The third-order valence-corrected chi connectivity index (χ3v) is 2.63. The fraction of sp³-hybridized carbons (Fsp3) is 0.154. The average Bonchev–Trinajstić information content (AvgIpc) is 2.71. The van der Waals surface area contributed by atoms with Crippen LogP contribution in [0.2, 0.25) is 0 Å². The highest BCUT2D eigenvalue weighted by Crippen LogP contribution is 2.15. The molecular weight excluding hydrogens is 214 g/mol. The van der Waals surface area contributed by atoms with Crippen LogP contribution in [0, 0.1) is 18.3 Å². The lowest BCUT2D eigenvalue weighted by Crippen LogP contribution is -2.01. The maximum Gasteiger partial charge on any atom is 0.163 e. The van der Waals surface area contributed by atoms with Gasteiger partial charge in [-0.3, -0.25) is 4.79 Å². The standard InChI is InChI=1S/C13H11N3O/c1-9-13(10(2)17)8-15-16(9)12-5-3-11(7-14)4-6-12/h3-6,8H,1-2H3. The molecule has 0 aliphatic heterocycles. The number of aromatic nitrogens is 2. The first-order valence-electron chi connectivity index (χ1n) is 5.19. The molecule has 0 N–H and O–H groups in total. The van der Waals surface area contributed by atoms with Gasteiger partial charge < -0.3 is 0 Å². The first-order valence-corrected chi connectivity index (χ1v) is 5.19. The molecule has 17 heavy (non-hydrogen) atoms. The second-order valence-corrected chi connectivity index (χ2v) is 3.77. The number of ketones is 1. The molecule has 84 valence electrons. The number of hydrogen-bond acceptors (Lipinski definition) is 3. The van der Waals surface area contributed by atoms with Crippen molar-refractivity contribution in [3.8, 4) is 11.8 Å². The first kappa shape index (κ1) is 11.1. The van der Waals surface area contributed by atoms with Gasteiger partial charge in [0.05, 0.1) is 34.8 Å². The minimum absolute atomic E-state index is 0.00222. The summed E-state index contributed by atoms with van der Waals surface area (Å²) in [6.07, 6.45) is 1.57. The third-order valence-electron chi connectivity index (χ3n) is 2.63. The Bertz CT molecular complexity index is 603. The van der Waals surface area contributed by atoms with Gasteiger partial charge in [-0.1, -0.05) is 0 Å². The molecule has 1 aromatic carbocycles. The van der Waals surface area contributed by atoms with E-state index >= 15 is 0 Å². The molecule has 0 spiro atoms. The zero-order chi connectivity index (χ0) is 12.4. The molecular formula is C13H11N3O. The molecule has 4 nitrogen and oxygen atoms in total. The normalized spacial score (nSPS) is 9.94. The van der Waals surface area contributed by atoms with E-state index in [-0.39, 0.29) is 5.78 Å². The van der Waals surface area contributed by atoms with Crippen LogP contribution >= 0.6 is 0 Å². The largest absolute Gasteiger partial charge is 0.294 e. The van der Waals surface area contributed by atoms with E-state index in [0.29, 0.717) is 11.1 Å². The highest BCUT2D eigenvalue weighted by Gasteiger charge is 2.11. The summed E-state index contributed by atoms with van der Waals surface area (Å²) in [6, 6.07) is 9.13. The summed E-state index contributed by atoms with van der Waals surface area (Å²) in [4.78, 5) is 11.3. The topological polar surface area (TPSA) is 58.7 Å². The van der Waals surface area contributed by atoms with Crippen LogP contribution in [0.3, 0.4) is 0 Å². The van der Waals surface area contributed by atoms with Gasteiger partial charge in [0.1, 0.15) is 0 Å². The van der Waals surface area contributed by atoms with Gasteiger partial charge in [0.2, 0.25) is 0 Å². The summed E-state index contributed by atoms with van der Waals surface area (Å²) in [5.74, 6) is 0.00222. The van der Waals surface area contributed by atoms with Gasteiger partial charge in [-0.05, 0) is 38.1 Å². The van der Waals surface area contributed by atoms with E-state index in [2.05, 4.69) is 11.2 Å². The molecule has 1 aromatic heterocycles. The second-order valence-electron chi connectivity index (χ2n) is 3.77. The van der Waals surface area contributed by atoms with Crippen molar-refractivity contribution in [2.45, 2.75) is 13.8 Å². The van der Waals surface area contributed by atoms with Crippen molar-refractivity contribution in [1.82, 2.24) is 9.78 Å². The Morgan fingerprint density at radius 1 is 1.35 bits per heavy atom. The fourth-order valence-corrected chi connectivity index (χ4v) is 1.69. The van der Waals surface area contributed by atoms with Crippen molar-refractivity contribution in [3.05, 3.63) is 47.3 Å². The van der Waals surface area contributed by atoms with Crippen LogP contribution in [-0.4, -0.2) is 15.6 Å². The van der Waals surface area contributed by atoms with Crippen LogP contribution < -0.4 is 0 Å². The second kappa shape index (κ2) is 4.22. The van der Waals surface area contributed by atoms with Crippen LogP contribution in [0.4, 0.5) is 0 Å². The molecule has 0 aliphatic carbocycles. The van der Waals surface area contributed by atoms with Gasteiger partial charge in [0.15, 0.2) is 5.78 Å². The molecule has 0 aliphatic rings. The molecule has 0 saturated carbocycles. The van der Waals surface area contributed by atoms with E-state index in [1.807, 2.05) is 19.1 Å². The molecule has 4 heteroatoms. The van der Waals surface area contributed by atoms with E-state index in [1.165, 1.54) is 6.92 Å². The predicted octanol–water partition coefficient (Wildman–Crippen LogP) is 2.25. The van der Waals surface area contributed by atoms with Gasteiger partial charge in [0.25, 0.3) is 0 Å². The zero-order valence-corrected chi connectivity index (χ0v) is 9.64. The molecule has 0 saturated heterocycles. The van der Waals surface area contributed by atoms with E-state index in [9.17, 15) is 4.79 Å². The van der Waals surface area contributed by atoms with E-state index in [1.54, 1.807) is 23.0 Å². The van der Waals surface area contributed by atoms with Crippen LogP contribution in [0.1, 0.15) is 28.5 Å². The van der Waals surface area contributed by atoms with E-state index < -0.39 is 0 Å². The number of carbonyl (C=O) groups excluding carboxylic acids is 1. The minimum Gasteiger partial charge on any atom is -0.294 e. The van der Waals surface area contributed by atoms with Crippen LogP contribution in [-0.2, 0) is 0 Å². The van der Waals surface area contributed by atoms with Gasteiger partial charge in [-0.25, -0.2) is 4.68 Å². The van der Waals surface area contributed by atoms with Crippen LogP contribution in [0.5, 0.6) is 0 Å². The summed E-state index contributed by atoms with van der Waals surface area (Å²) in [6.45, 7) is 3.37. The fourth-order valence-electron chi connectivity index (χ4n) is 1.69. The SMILES string of the molecule is CC(=O)c1cnn(-c2ccc(C#N)cc2)c1C. The lowest BCUT2D eigenvalue weighted by atomic mass is 10.2. The average molecular weight is 225 g/mol. The monoisotopic (exact) mass is 225 g/mol. The number of hydrogen-bond donors (Lipinski definition) is 0. The lowest BCUT2D eigenvalue weighted by Gasteiger charge is -2.04. The van der Waals surface area contributed by atoms with Crippen molar-refractivity contribution in [2.75, 3.05) is 0 Å². The molecule has 1 heterocycles. The molecule has 0 radical (unpaired) electrons. The van der Waals surface area contributed by atoms with Crippen molar-refractivity contribution in [1.29, 1.82) is 5.26 Å². The maximum atomic E-state index is 11.3. The van der Waals surface area contributed by atoms with Gasteiger partial charge in [-0.2, -0.15) is 10.4 Å². The maximum absolute atomic E-state index is 11.3.